The summed E-state index contributed by atoms with van der Waals surface area (Å²) in [4.78, 5) is 2.46. The third-order valence-electron chi connectivity index (χ3n) is 4.40. The van der Waals surface area contributed by atoms with Gasteiger partial charge >= 0.3 is 0 Å². The Morgan fingerprint density at radius 2 is 2.04 bits per heavy atom. The van der Waals surface area contributed by atoms with Crippen molar-refractivity contribution in [3.05, 3.63) is 52.0 Å². The van der Waals surface area contributed by atoms with Crippen LogP contribution in [0.25, 0.3) is 0 Å². The number of nitrogens with zero attached hydrogens (tertiary/aromatic N) is 1. The number of aryl methyl sites for hydroxylation is 1. The number of likely N-dealkylation sites (tertiary alicyclic amines) is 1. The van der Waals surface area contributed by atoms with E-state index in [0.717, 1.165) is 31.5 Å². The summed E-state index contributed by atoms with van der Waals surface area (Å²) >= 11 is 1.61. The Hall–Kier alpha value is -1.28. The first kappa shape index (κ1) is 17.5. The molecule has 0 bridgehead atoms. The number of benzene rings is 1. The molecule has 1 aliphatic rings. The second kappa shape index (κ2) is 7.31. The van der Waals surface area contributed by atoms with Crippen molar-refractivity contribution in [2.45, 2.75) is 30.7 Å². The monoisotopic (exact) mass is 368 g/mol. The summed E-state index contributed by atoms with van der Waals surface area (Å²) in [7, 11) is -3.66. The van der Waals surface area contributed by atoms with Crippen LogP contribution in [0.1, 0.15) is 30.0 Å². The van der Waals surface area contributed by atoms with Gasteiger partial charge in [-0.25, -0.2) is 17.5 Å². The average molecular weight is 368 g/mol. The van der Waals surface area contributed by atoms with E-state index in [2.05, 4.69) is 15.0 Å². The lowest BCUT2D eigenvalue weighted by Crippen LogP contribution is -2.36. The zero-order chi connectivity index (χ0) is 17.2. The molecule has 1 atom stereocenters. The Labute approximate surface area is 146 Å². The molecule has 0 spiro atoms. The van der Waals surface area contributed by atoms with Gasteiger partial charge in [0.25, 0.3) is 0 Å². The predicted octanol–water partition coefficient (Wildman–Crippen LogP) is 3.31. The van der Waals surface area contributed by atoms with Crippen LogP contribution in [0.15, 0.2) is 39.9 Å². The highest BCUT2D eigenvalue weighted by atomic mass is 32.2. The van der Waals surface area contributed by atoms with Crippen molar-refractivity contribution in [1.29, 1.82) is 0 Å². The Bertz CT molecular complexity index is 785. The molecule has 4 nitrogen and oxygen atoms in total. The minimum absolute atomic E-state index is 0.0364. The lowest BCUT2D eigenvalue weighted by atomic mass is 10.1. The fourth-order valence-corrected chi connectivity index (χ4v) is 5.13. The van der Waals surface area contributed by atoms with Crippen LogP contribution in [0, 0.1) is 12.7 Å². The van der Waals surface area contributed by atoms with Gasteiger partial charge in [-0.1, -0.05) is 0 Å². The summed E-state index contributed by atoms with van der Waals surface area (Å²) in [5.74, 6) is -0.431. The van der Waals surface area contributed by atoms with Gasteiger partial charge in [0.2, 0.25) is 10.0 Å². The predicted molar refractivity (Wildman–Crippen MR) is 94.2 cm³/mol. The molecule has 1 N–H and O–H groups in total. The van der Waals surface area contributed by atoms with E-state index in [1.54, 1.807) is 18.3 Å². The molecule has 130 valence electrons. The van der Waals surface area contributed by atoms with Gasteiger partial charge in [-0.3, -0.25) is 4.90 Å². The van der Waals surface area contributed by atoms with E-state index in [4.69, 9.17) is 0 Å². The number of halogens is 1. The molecule has 1 aromatic carbocycles. The van der Waals surface area contributed by atoms with Crippen LogP contribution in [-0.4, -0.2) is 33.0 Å². The smallest absolute Gasteiger partial charge is 0.240 e. The Kier molecular flexibility index (Phi) is 5.34. The minimum atomic E-state index is -3.66. The molecule has 2 heterocycles. The third-order valence-corrected chi connectivity index (χ3v) is 6.69. The summed E-state index contributed by atoms with van der Waals surface area (Å²) in [5.41, 5.74) is 1.55. The highest BCUT2D eigenvalue weighted by Crippen LogP contribution is 2.27. The first-order valence-corrected chi connectivity index (χ1v) is 10.4. The Morgan fingerprint density at radius 3 is 2.67 bits per heavy atom. The van der Waals surface area contributed by atoms with E-state index in [-0.39, 0.29) is 10.9 Å². The van der Waals surface area contributed by atoms with Crippen molar-refractivity contribution in [2.24, 2.45) is 0 Å². The number of thiophene rings is 1. The van der Waals surface area contributed by atoms with Crippen LogP contribution in [-0.2, 0) is 10.0 Å². The first-order valence-electron chi connectivity index (χ1n) is 7.99. The Balaban J connectivity index is 1.78. The molecule has 24 heavy (non-hydrogen) atoms. The van der Waals surface area contributed by atoms with Gasteiger partial charge < -0.3 is 0 Å². The molecule has 3 rings (SSSR count). The zero-order valence-corrected chi connectivity index (χ0v) is 15.2. The molecular formula is C17H21FN2O2S2. The van der Waals surface area contributed by atoms with Gasteiger partial charge in [-0.2, -0.15) is 11.3 Å². The molecule has 1 fully saturated rings. The topological polar surface area (TPSA) is 49.4 Å². The van der Waals surface area contributed by atoms with Gasteiger partial charge in [0.05, 0.1) is 4.90 Å². The Morgan fingerprint density at radius 1 is 1.29 bits per heavy atom. The van der Waals surface area contributed by atoms with E-state index in [0.29, 0.717) is 12.1 Å². The van der Waals surface area contributed by atoms with Gasteiger partial charge in [0, 0.05) is 12.6 Å². The number of rotatable bonds is 6. The van der Waals surface area contributed by atoms with Crippen molar-refractivity contribution >= 4 is 21.4 Å². The molecule has 0 radical (unpaired) electrons. The molecule has 2 aromatic rings. The average Bonchev–Trinajstić information content (AvgIpc) is 3.20. The maximum Gasteiger partial charge on any atom is 0.240 e. The van der Waals surface area contributed by atoms with Gasteiger partial charge in [0.15, 0.2) is 0 Å². The van der Waals surface area contributed by atoms with E-state index < -0.39 is 15.8 Å². The summed E-state index contributed by atoms with van der Waals surface area (Å²) in [6.45, 7) is 3.89. The maximum absolute atomic E-state index is 13.2. The second-order valence-electron chi connectivity index (χ2n) is 6.08. The molecule has 1 aliphatic heterocycles. The second-order valence-corrected chi connectivity index (χ2v) is 8.59. The largest absolute Gasteiger partial charge is 0.295 e. The summed E-state index contributed by atoms with van der Waals surface area (Å²) < 4.78 is 41.1. The van der Waals surface area contributed by atoms with E-state index in [1.165, 1.54) is 18.2 Å². The van der Waals surface area contributed by atoms with Crippen LogP contribution in [0.5, 0.6) is 0 Å². The van der Waals surface area contributed by atoms with Crippen molar-refractivity contribution < 1.29 is 12.8 Å². The van der Waals surface area contributed by atoms with E-state index in [1.807, 2.05) is 11.4 Å². The summed E-state index contributed by atoms with van der Waals surface area (Å²) in [5, 5.41) is 4.08. The van der Waals surface area contributed by atoms with Crippen molar-refractivity contribution in [2.75, 3.05) is 19.6 Å². The van der Waals surface area contributed by atoms with Crippen LogP contribution in [0.4, 0.5) is 4.39 Å². The van der Waals surface area contributed by atoms with E-state index >= 15 is 0 Å². The fraction of sp³-hybridized carbons (Fsp3) is 0.412. The highest BCUT2D eigenvalue weighted by Gasteiger charge is 2.26. The molecule has 0 aliphatic carbocycles. The quantitative estimate of drug-likeness (QED) is 0.851. The van der Waals surface area contributed by atoms with Crippen LogP contribution in [0.3, 0.4) is 0 Å². The normalized spacial score (nSPS) is 17.2. The summed E-state index contributed by atoms with van der Waals surface area (Å²) in [6, 6.07) is 5.83. The molecule has 0 amide bonds. The molecule has 1 unspecified atom stereocenters. The zero-order valence-electron chi connectivity index (χ0n) is 13.5. The number of hydrogen-bond acceptors (Lipinski definition) is 4. The van der Waals surface area contributed by atoms with Crippen molar-refractivity contribution in [3.8, 4) is 0 Å². The molecule has 1 saturated heterocycles. The third kappa shape index (κ3) is 3.85. The first-order chi connectivity index (χ1) is 11.5. The number of hydrogen-bond donors (Lipinski definition) is 1. The fourth-order valence-electron chi connectivity index (χ4n) is 3.16. The standard InChI is InChI=1S/C17H21FN2O2S2/c1-13-10-15(18)4-5-17(13)24(21,22)19-11-16(14-6-9-23-12-14)20-7-2-3-8-20/h4-6,9-10,12,16,19H,2-3,7-8,11H2,1H3. The lowest BCUT2D eigenvalue weighted by Gasteiger charge is -2.27. The minimum Gasteiger partial charge on any atom is -0.295 e. The van der Waals surface area contributed by atoms with Gasteiger partial charge in [0.1, 0.15) is 5.82 Å². The van der Waals surface area contributed by atoms with Crippen LogP contribution < -0.4 is 4.72 Å². The molecule has 7 heteroatoms. The summed E-state index contributed by atoms with van der Waals surface area (Å²) in [6.07, 6.45) is 2.29. The van der Waals surface area contributed by atoms with Crippen molar-refractivity contribution in [3.63, 3.8) is 0 Å². The van der Waals surface area contributed by atoms with Crippen LogP contribution >= 0.6 is 11.3 Å². The lowest BCUT2D eigenvalue weighted by molar-refractivity contribution is 0.247. The van der Waals surface area contributed by atoms with Crippen LogP contribution in [0.2, 0.25) is 0 Å². The van der Waals surface area contributed by atoms with Gasteiger partial charge in [-0.15, -0.1) is 0 Å². The maximum atomic E-state index is 13.2. The molecule has 1 aromatic heterocycles. The SMILES string of the molecule is Cc1cc(F)ccc1S(=O)(=O)NCC(c1ccsc1)N1CCCC1. The number of sulfonamides is 1. The highest BCUT2D eigenvalue weighted by molar-refractivity contribution is 7.89. The van der Waals surface area contributed by atoms with Crippen molar-refractivity contribution in [1.82, 2.24) is 9.62 Å². The molecular weight excluding hydrogens is 347 g/mol. The molecule has 0 saturated carbocycles. The van der Waals surface area contributed by atoms with E-state index in [9.17, 15) is 12.8 Å². The van der Waals surface area contributed by atoms with Gasteiger partial charge in [-0.05, 0) is 79.0 Å². The number of nitrogens with one attached hydrogen (secondary N) is 1.